The normalized spacial score (nSPS) is 13.0. The fourth-order valence-corrected chi connectivity index (χ4v) is 8.72. The molecular weight excluding hydrogens is 973 g/mol. The predicted molar refractivity (Wildman–Crippen MR) is 343 cm³/mol. The number of carbonyl (C=O) groups excluding carboxylic acids is 3. The van der Waals surface area contributed by atoms with Gasteiger partial charge in [0, 0.05) is 19.3 Å². The second kappa shape index (κ2) is 66.1. The smallest absolute Gasteiger partial charge is 0.306 e. The Bertz CT molecular complexity index is 1680. The summed E-state index contributed by atoms with van der Waals surface area (Å²) in [5.41, 5.74) is 0. The van der Waals surface area contributed by atoms with Crippen LogP contribution in [0.25, 0.3) is 0 Å². The average Bonchev–Trinajstić information content (AvgIpc) is 3.45. The second-order valence-electron chi connectivity index (χ2n) is 21.3. The van der Waals surface area contributed by atoms with E-state index in [9.17, 15) is 14.4 Å². The Kier molecular flexibility index (Phi) is 62.3. The third-order valence-corrected chi connectivity index (χ3v) is 13.6. The van der Waals surface area contributed by atoms with E-state index in [1.165, 1.54) is 103 Å². The van der Waals surface area contributed by atoms with Gasteiger partial charge < -0.3 is 14.2 Å². The summed E-state index contributed by atoms with van der Waals surface area (Å²) >= 11 is 0. The maximum absolute atomic E-state index is 12.9. The molecule has 0 rings (SSSR count). The molecule has 0 N–H and O–H groups in total. The Labute approximate surface area is 487 Å². The number of carbonyl (C=O) groups is 3. The lowest BCUT2D eigenvalue weighted by molar-refractivity contribution is -0.167. The van der Waals surface area contributed by atoms with Crippen LogP contribution in [0.4, 0.5) is 0 Å². The van der Waals surface area contributed by atoms with Crippen molar-refractivity contribution in [3.8, 4) is 0 Å². The number of unbranched alkanes of at least 4 members (excludes halogenated alkanes) is 25. The van der Waals surface area contributed by atoms with Gasteiger partial charge in [0.1, 0.15) is 13.2 Å². The highest BCUT2D eigenvalue weighted by Crippen LogP contribution is 2.15. The van der Waals surface area contributed by atoms with Crippen molar-refractivity contribution in [2.75, 3.05) is 13.2 Å². The molecule has 1 atom stereocenters. The minimum Gasteiger partial charge on any atom is -0.462 e. The highest BCUT2D eigenvalue weighted by atomic mass is 16.6. The van der Waals surface area contributed by atoms with Crippen LogP contribution in [0.5, 0.6) is 0 Å². The summed E-state index contributed by atoms with van der Waals surface area (Å²) in [5.74, 6) is -0.926. The molecule has 0 radical (unpaired) electrons. The molecule has 0 saturated heterocycles. The fourth-order valence-electron chi connectivity index (χ4n) is 8.72. The van der Waals surface area contributed by atoms with Gasteiger partial charge in [-0.1, -0.05) is 264 Å². The van der Waals surface area contributed by atoms with Gasteiger partial charge >= 0.3 is 17.9 Å². The van der Waals surface area contributed by atoms with Crippen LogP contribution in [-0.4, -0.2) is 37.2 Å². The van der Waals surface area contributed by atoms with Gasteiger partial charge in [-0.05, 0) is 141 Å². The molecule has 6 nitrogen and oxygen atoms in total. The van der Waals surface area contributed by atoms with Crippen LogP contribution in [0.2, 0.25) is 0 Å². The number of hydrogen-bond acceptors (Lipinski definition) is 6. The lowest BCUT2D eigenvalue weighted by Crippen LogP contribution is -2.30. The van der Waals surface area contributed by atoms with Gasteiger partial charge in [0.2, 0.25) is 0 Å². The van der Waals surface area contributed by atoms with Crippen LogP contribution in [0, 0.1) is 0 Å². The SMILES string of the molecule is CC/C=C\C/C=C\C/C=C\C/C=C\C/C=C\C/C=C\C/C=C\CCCCCCCC(=O)OCC(COC(=O)CCCCCCCCC/C=C\C/C=C\CCCCC)OC(=O)CCCCCCCCC/C=C\C/C=C\CCCCC. The monoisotopic (exact) mass is 1090 g/mol. The van der Waals surface area contributed by atoms with Crippen molar-refractivity contribution in [2.24, 2.45) is 0 Å². The van der Waals surface area contributed by atoms with Gasteiger partial charge in [0.05, 0.1) is 0 Å². The summed E-state index contributed by atoms with van der Waals surface area (Å²) in [6.45, 7) is 6.46. The van der Waals surface area contributed by atoms with Crippen LogP contribution < -0.4 is 0 Å². The molecule has 0 aliphatic carbocycles. The third-order valence-electron chi connectivity index (χ3n) is 13.6. The molecule has 0 spiro atoms. The Morgan fingerprint density at radius 1 is 0.266 bits per heavy atom. The Morgan fingerprint density at radius 3 is 0.772 bits per heavy atom. The van der Waals surface area contributed by atoms with Gasteiger partial charge in [-0.25, -0.2) is 0 Å². The average molecular weight is 1090 g/mol. The molecule has 79 heavy (non-hydrogen) atoms. The van der Waals surface area contributed by atoms with E-state index < -0.39 is 6.10 Å². The van der Waals surface area contributed by atoms with E-state index in [-0.39, 0.29) is 31.1 Å². The van der Waals surface area contributed by atoms with Crippen LogP contribution >= 0.6 is 0 Å². The summed E-state index contributed by atoms with van der Waals surface area (Å²) in [4.78, 5) is 38.4. The molecule has 0 aliphatic rings. The molecule has 0 heterocycles. The van der Waals surface area contributed by atoms with E-state index >= 15 is 0 Å². The number of allylic oxidation sites excluding steroid dienone is 22. The fraction of sp³-hybridized carbons (Fsp3) is 0.658. The second-order valence-corrected chi connectivity index (χ2v) is 21.3. The summed E-state index contributed by atoms with van der Waals surface area (Å²) in [7, 11) is 0. The zero-order valence-electron chi connectivity index (χ0n) is 51.3. The zero-order chi connectivity index (χ0) is 57.1. The van der Waals surface area contributed by atoms with Gasteiger partial charge in [-0.3, -0.25) is 14.4 Å². The molecule has 0 aromatic heterocycles. The minimum absolute atomic E-state index is 0.0949. The zero-order valence-corrected chi connectivity index (χ0v) is 51.3. The van der Waals surface area contributed by atoms with Crippen molar-refractivity contribution in [3.63, 3.8) is 0 Å². The van der Waals surface area contributed by atoms with Gasteiger partial charge in [0.25, 0.3) is 0 Å². The van der Waals surface area contributed by atoms with Crippen LogP contribution in [0.3, 0.4) is 0 Å². The number of esters is 3. The molecule has 0 fully saturated rings. The molecular formula is C73H120O6. The summed E-state index contributed by atoms with van der Waals surface area (Å²) in [5, 5.41) is 0. The molecule has 448 valence electrons. The molecule has 0 amide bonds. The largest absolute Gasteiger partial charge is 0.462 e. The maximum Gasteiger partial charge on any atom is 0.306 e. The quantitative estimate of drug-likeness (QED) is 0.0261. The molecule has 0 aromatic rings. The maximum atomic E-state index is 12.9. The molecule has 0 aromatic carbocycles. The van der Waals surface area contributed by atoms with E-state index in [2.05, 4.69) is 154 Å². The molecule has 0 bridgehead atoms. The van der Waals surface area contributed by atoms with E-state index in [0.29, 0.717) is 19.3 Å². The van der Waals surface area contributed by atoms with Crippen molar-refractivity contribution >= 4 is 17.9 Å². The summed E-state index contributed by atoms with van der Waals surface area (Å²) < 4.78 is 16.9. The number of ether oxygens (including phenoxy) is 3. The number of hydrogen-bond donors (Lipinski definition) is 0. The minimum atomic E-state index is -0.800. The van der Waals surface area contributed by atoms with Crippen LogP contribution in [-0.2, 0) is 28.6 Å². The van der Waals surface area contributed by atoms with Gasteiger partial charge in [0.15, 0.2) is 6.10 Å². The molecule has 1 unspecified atom stereocenters. The third kappa shape index (κ3) is 64.3. The van der Waals surface area contributed by atoms with Gasteiger partial charge in [-0.2, -0.15) is 0 Å². The van der Waals surface area contributed by atoms with Crippen LogP contribution in [0.1, 0.15) is 290 Å². The highest BCUT2D eigenvalue weighted by molar-refractivity contribution is 5.71. The van der Waals surface area contributed by atoms with E-state index in [1.54, 1.807) is 0 Å². The van der Waals surface area contributed by atoms with Crippen molar-refractivity contribution in [3.05, 3.63) is 134 Å². The Morgan fingerprint density at radius 2 is 0.494 bits per heavy atom. The lowest BCUT2D eigenvalue weighted by Gasteiger charge is -2.18. The first-order chi connectivity index (χ1) is 39.0. The topological polar surface area (TPSA) is 78.9 Å². The van der Waals surface area contributed by atoms with E-state index in [0.717, 1.165) is 148 Å². The lowest BCUT2D eigenvalue weighted by atomic mass is 10.1. The summed E-state index contributed by atoms with van der Waals surface area (Å²) in [6, 6.07) is 0. The van der Waals surface area contributed by atoms with Crippen molar-refractivity contribution in [1.82, 2.24) is 0 Å². The predicted octanol–water partition coefficient (Wildman–Crippen LogP) is 22.5. The Hall–Kier alpha value is -4.45. The van der Waals surface area contributed by atoms with Gasteiger partial charge in [-0.15, -0.1) is 0 Å². The molecule has 0 saturated carbocycles. The first kappa shape index (κ1) is 74.5. The van der Waals surface area contributed by atoms with Crippen molar-refractivity contribution in [1.29, 1.82) is 0 Å². The Balaban J connectivity index is 4.44. The molecule has 0 aliphatic heterocycles. The van der Waals surface area contributed by atoms with Crippen molar-refractivity contribution < 1.29 is 28.6 Å². The first-order valence-corrected chi connectivity index (χ1v) is 32.7. The summed E-state index contributed by atoms with van der Waals surface area (Å²) in [6.07, 6.45) is 93.0. The number of rotatable bonds is 58. The first-order valence-electron chi connectivity index (χ1n) is 32.7. The highest BCUT2D eigenvalue weighted by Gasteiger charge is 2.19. The van der Waals surface area contributed by atoms with E-state index in [1.807, 2.05) is 0 Å². The molecule has 6 heteroatoms. The standard InChI is InChI=1S/C73H120O6/c1-4-7-10-13-16-19-22-25-28-31-32-33-34-35-36-37-38-39-40-43-45-48-51-54-57-60-63-66-72(75)78-69-70(79-73(76)67-64-61-58-55-52-49-46-42-30-27-24-21-18-15-12-9-6-3)68-77-71(74)65-62-59-56-53-50-47-44-41-29-26-23-20-17-14-11-8-5-2/h7,10,16-21,25-30,32-33,35-36,38-39,43,45,70H,4-6,8-9,11-15,22-24,31,34,37,40-42,44,46-69H2,1-3H3/b10-7-,19-16-,20-17-,21-18-,28-25-,29-26-,30-27-,33-32-,36-35-,39-38-,45-43-. The van der Waals surface area contributed by atoms with Crippen LogP contribution in [0.15, 0.2) is 134 Å². The van der Waals surface area contributed by atoms with Crippen molar-refractivity contribution in [2.45, 2.75) is 297 Å². The van der Waals surface area contributed by atoms with E-state index in [4.69, 9.17) is 14.2 Å².